The number of aromatic amines is 1. The first-order chi connectivity index (χ1) is 12.1. The van der Waals surface area contributed by atoms with Crippen molar-refractivity contribution in [3.05, 3.63) is 43.3 Å². The van der Waals surface area contributed by atoms with Gasteiger partial charge < -0.3 is 14.5 Å². The van der Waals surface area contributed by atoms with Crippen LogP contribution >= 0.6 is 11.3 Å². The van der Waals surface area contributed by atoms with Crippen LogP contribution in [-0.4, -0.2) is 24.0 Å². The average Bonchev–Trinajstić information content (AvgIpc) is 2.87. The maximum absolute atomic E-state index is 12.3. The quantitative estimate of drug-likeness (QED) is 0.872. The molecular formula is C20H25NO4S. The lowest BCUT2D eigenvalue weighted by atomic mass is 9.91. The fraction of sp³-hybridized carbons (Fsp3) is 0.400. The van der Waals surface area contributed by atoms with Crippen molar-refractivity contribution in [1.82, 2.24) is 4.98 Å². The number of nitrogens with one attached hydrogen (secondary N) is 1. The van der Waals surface area contributed by atoms with Crippen molar-refractivity contribution in [1.29, 1.82) is 0 Å². The summed E-state index contributed by atoms with van der Waals surface area (Å²) in [5, 5.41) is 0. The molecule has 0 fully saturated rings. The van der Waals surface area contributed by atoms with E-state index in [4.69, 9.17) is 9.47 Å². The molecule has 1 aromatic carbocycles. The standard InChI is InChI=1S/C20H25NO4S/c1-12(2)25-18-13(8-7-9-14(18)24-6)10-15-19(23)21-17(26-15)11-16(22)20(3,4)5/h7-12H,1-6H3,(H,21,23)/b15-10-,17-11+. The van der Waals surface area contributed by atoms with Crippen LogP contribution in [0.4, 0.5) is 0 Å². The number of aromatic nitrogens is 1. The molecule has 5 nitrogen and oxygen atoms in total. The number of thiazole rings is 1. The molecule has 2 rings (SSSR count). The Kier molecular flexibility index (Phi) is 6.08. The number of methoxy groups -OCH3 is 1. The summed E-state index contributed by atoms with van der Waals surface area (Å²) in [5.74, 6) is 1.16. The van der Waals surface area contributed by atoms with E-state index in [9.17, 15) is 9.59 Å². The smallest absolute Gasteiger partial charge is 0.266 e. The lowest BCUT2D eigenvalue weighted by Gasteiger charge is -2.15. The van der Waals surface area contributed by atoms with Crippen LogP contribution in [0.15, 0.2) is 23.0 Å². The number of hydrogen-bond donors (Lipinski definition) is 1. The molecule has 1 N–H and O–H groups in total. The molecule has 0 atom stereocenters. The van der Waals surface area contributed by atoms with Crippen molar-refractivity contribution in [2.45, 2.75) is 40.7 Å². The number of para-hydroxylation sites is 1. The maximum atomic E-state index is 12.3. The highest BCUT2D eigenvalue weighted by Gasteiger charge is 2.18. The molecule has 0 bridgehead atoms. The minimum Gasteiger partial charge on any atom is -0.493 e. The van der Waals surface area contributed by atoms with Crippen LogP contribution in [0.5, 0.6) is 11.5 Å². The maximum Gasteiger partial charge on any atom is 0.266 e. The highest BCUT2D eigenvalue weighted by molar-refractivity contribution is 7.07. The molecule has 0 unspecified atom stereocenters. The van der Waals surface area contributed by atoms with Gasteiger partial charge in [-0.15, -0.1) is 11.3 Å². The normalized spacial score (nSPS) is 13.3. The topological polar surface area (TPSA) is 68.4 Å². The summed E-state index contributed by atoms with van der Waals surface area (Å²) in [6, 6.07) is 5.52. The van der Waals surface area contributed by atoms with Crippen LogP contribution in [0, 0.1) is 5.41 Å². The first-order valence-corrected chi connectivity index (χ1v) is 9.24. The number of rotatable bonds is 5. The fourth-order valence-electron chi connectivity index (χ4n) is 2.17. The van der Waals surface area contributed by atoms with Crippen LogP contribution in [0.25, 0.3) is 12.2 Å². The van der Waals surface area contributed by atoms with Crippen molar-refractivity contribution in [3.8, 4) is 11.5 Å². The summed E-state index contributed by atoms with van der Waals surface area (Å²) in [6.07, 6.45) is 3.21. The Morgan fingerprint density at radius 1 is 1.27 bits per heavy atom. The summed E-state index contributed by atoms with van der Waals surface area (Å²) in [7, 11) is 1.58. The minimum absolute atomic E-state index is 0.0339. The van der Waals surface area contributed by atoms with E-state index in [2.05, 4.69) is 4.98 Å². The molecule has 0 aliphatic heterocycles. The summed E-state index contributed by atoms with van der Waals surface area (Å²) in [4.78, 5) is 27.2. The van der Waals surface area contributed by atoms with E-state index in [1.165, 1.54) is 17.4 Å². The zero-order valence-corrected chi connectivity index (χ0v) is 16.8. The summed E-state index contributed by atoms with van der Waals surface area (Å²) in [5.41, 5.74) is 0.0240. The number of H-pyrrole nitrogens is 1. The van der Waals surface area contributed by atoms with Crippen molar-refractivity contribution >= 4 is 29.3 Å². The third-order valence-electron chi connectivity index (χ3n) is 3.55. The summed E-state index contributed by atoms with van der Waals surface area (Å²) < 4.78 is 12.3. The number of hydrogen-bond acceptors (Lipinski definition) is 5. The van der Waals surface area contributed by atoms with Gasteiger partial charge in [0.2, 0.25) is 0 Å². The molecule has 0 saturated carbocycles. The van der Waals surface area contributed by atoms with Crippen LogP contribution < -0.4 is 24.2 Å². The lowest BCUT2D eigenvalue weighted by molar-refractivity contribution is -0.119. The summed E-state index contributed by atoms with van der Waals surface area (Å²) in [6.45, 7) is 9.39. The molecular weight excluding hydrogens is 350 g/mol. The van der Waals surface area contributed by atoms with E-state index in [-0.39, 0.29) is 17.4 Å². The molecule has 0 aliphatic rings. The first-order valence-electron chi connectivity index (χ1n) is 8.42. The Hall–Kier alpha value is -2.34. The predicted molar refractivity (Wildman–Crippen MR) is 105 cm³/mol. The third-order valence-corrected chi connectivity index (χ3v) is 4.51. The number of Topliss-reactive ketones (excluding diaryl/α,β-unsaturated/α-hetero) is 1. The van der Waals surface area contributed by atoms with Crippen LogP contribution in [0.3, 0.4) is 0 Å². The molecule has 0 amide bonds. The van der Waals surface area contributed by atoms with Gasteiger partial charge in [0.15, 0.2) is 17.3 Å². The van der Waals surface area contributed by atoms with Gasteiger partial charge in [-0.1, -0.05) is 32.9 Å². The number of benzene rings is 1. The van der Waals surface area contributed by atoms with E-state index in [1.807, 2.05) is 52.8 Å². The Labute approximate surface area is 157 Å². The minimum atomic E-state index is -0.490. The molecule has 6 heteroatoms. The van der Waals surface area contributed by atoms with Crippen molar-refractivity contribution in [3.63, 3.8) is 0 Å². The Morgan fingerprint density at radius 3 is 2.54 bits per heavy atom. The van der Waals surface area contributed by atoms with E-state index in [0.29, 0.717) is 20.7 Å². The molecule has 0 aliphatic carbocycles. The van der Waals surface area contributed by atoms with E-state index in [1.54, 1.807) is 13.2 Å². The second-order valence-electron chi connectivity index (χ2n) is 7.23. The SMILES string of the molecule is COc1cccc(/C=c2\s/c(=C/C(=O)C(C)(C)C)[nH]c2=O)c1OC(C)C. The van der Waals surface area contributed by atoms with Gasteiger partial charge in [-0.2, -0.15) is 0 Å². The number of ether oxygens (including phenoxy) is 2. The van der Waals surface area contributed by atoms with E-state index >= 15 is 0 Å². The van der Waals surface area contributed by atoms with Gasteiger partial charge in [-0.05, 0) is 26.0 Å². The Balaban J connectivity index is 2.57. The summed E-state index contributed by atoms with van der Waals surface area (Å²) >= 11 is 1.24. The van der Waals surface area contributed by atoms with Crippen molar-refractivity contribution < 1.29 is 14.3 Å². The second kappa shape index (κ2) is 7.91. The van der Waals surface area contributed by atoms with Crippen LogP contribution in [-0.2, 0) is 4.79 Å². The molecule has 1 heterocycles. The Morgan fingerprint density at radius 2 is 1.96 bits per heavy atom. The van der Waals surface area contributed by atoms with Gasteiger partial charge in [0.1, 0.15) is 0 Å². The molecule has 0 saturated heterocycles. The fourth-order valence-corrected chi connectivity index (χ4v) is 3.05. The van der Waals surface area contributed by atoms with E-state index < -0.39 is 5.41 Å². The third kappa shape index (κ3) is 4.85. The molecule has 26 heavy (non-hydrogen) atoms. The van der Waals surface area contributed by atoms with Crippen molar-refractivity contribution in [2.24, 2.45) is 5.41 Å². The highest BCUT2D eigenvalue weighted by atomic mass is 32.1. The molecule has 140 valence electrons. The molecule has 2 aromatic rings. The van der Waals surface area contributed by atoms with Gasteiger partial charge in [0.25, 0.3) is 5.56 Å². The number of carbonyl (C=O) groups is 1. The predicted octanol–water partition coefficient (Wildman–Crippen LogP) is 2.46. The largest absolute Gasteiger partial charge is 0.493 e. The van der Waals surface area contributed by atoms with Crippen LogP contribution in [0.1, 0.15) is 40.2 Å². The number of ketones is 1. The average molecular weight is 375 g/mol. The zero-order valence-electron chi connectivity index (χ0n) is 16.0. The molecule has 0 radical (unpaired) electrons. The van der Waals surface area contributed by atoms with Gasteiger partial charge >= 0.3 is 0 Å². The van der Waals surface area contributed by atoms with E-state index in [0.717, 1.165) is 5.56 Å². The van der Waals surface area contributed by atoms with Gasteiger partial charge in [-0.25, -0.2) is 0 Å². The first kappa shape index (κ1) is 20.0. The van der Waals surface area contributed by atoms with Gasteiger partial charge in [-0.3, -0.25) is 9.59 Å². The van der Waals surface area contributed by atoms with Crippen molar-refractivity contribution in [2.75, 3.05) is 7.11 Å². The van der Waals surface area contributed by atoms with Crippen LogP contribution in [0.2, 0.25) is 0 Å². The number of carbonyl (C=O) groups excluding carboxylic acids is 1. The second-order valence-corrected chi connectivity index (χ2v) is 8.32. The Bertz CT molecular complexity index is 961. The monoisotopic (exact) mass is 375 g/mol. The molecule has 1 aromatic heterocycles. The highest BCUT2D eigenvalue weighted by Crippen LogP contribution is 2.32. The lowest BCUT2D eigenvalue weighted by Crippen LogP contribution is -2.22. The van der Waals surface area contributed by atoms with Gasteiger partial charge in [0, 0.05) is 17.1 Å². The zero-order chi connectivity index (χ0) is 19.5. The molecule has 0 spiro atoms. The van der Waals surface area contributed by atoms with Gasteiger partial charge in [0.05, 0.1) is 22.4 Å².